The summed E-state index contributed by atoms with van der Waals surface area (Å²) in [5, 5.41) is 3.32. The highest BCUT2D eigenvalue weighted by molar-refractivity contribution is 5.77. The van der Waals surface area contributed by atoms with Crippen LogP contribution in [0.5, 0.6) is 0 Å². The molecule has 1 aromatic carbocycles. The number of carbonyl (C=O) groups is 1. The molecule has 0 bridgehead atoms. The number of nitrogens with zero attached hydrogens (tertiary/aromatic N) is 1. The molecule has 0 aliphatic carbocycles. The van der Waals surface area contributed by atoms with E-state index in [0.717, 1.165) is 38.0 Å². The van der Waals surface area contributed by atoms with Crippen molar-refractivity contribution in [2.45, 2.75) is 45.1 Å². The molecule has 3 nitrogen and oxygen atoms in total. The molecule has 4 heteroatoms. The van der Waals surface area contributed by atoms with Crippen molar-refractivity contribution in [1.29, 1.82) is 0 Å². The van der Waals surface area contributed by atoms with Gasteiger partial charge in [0.05, 0.1) is 0 Å². The van der Waals surface area contributed by atoms with Gasteiger partial charge >= 0.3 is 0 Å². The molecular formula is C17H25FN2O. The van der Waals surface area contributed by atoms with Crippen molar-refractivity contribution in [2.75, 3.05) is 19.6 Å². The third-order valence-electron chi connectivity index (χ3n) is 4.16. The summed E-state index contributed by atoms with van der Waals surface area (Å²) in [6, 6.07) is 6.88. The summed E-state index contributed by atoms with van der Waals surface area (Å²) in [5.74, 6) is -0.0126. The van der Waals surface area contributed by atoms with Gasteiger partial charge in [0, 0.05) is 25.6 Å². The minimum atomic E-state index is -0.239. The molecule has 0 spiro atoms. The van der Waals surface area contributed by atoms with E-state index in [2.05, 4.69) is 12.2 Å². The summed E-state index contributed by atoms with van der Waals surface area (Å²) < 4.78 is 13.3. The monoisotopic (exact) mass is 292 g/mol. The number of amides is 1. The topological polar surface area (TPSA) is 32.3 Å². The van der Waals surface area contributed by atoms with Crippen molar-refractivity contribution in [3.8, 4) is 0 Å². The third kappa shape index (κ3) is 4.27. The lowest BCUT2D eigenvalue weighted by Gasteiger charge is -2.29. The second kappa shape index (κ2) is 7.55. The van der Waals surface area contributed by atoms with Crippen LogP contribution in [0.25, 0.3) is 0 Å². The van der Waals surface area contributed by atoms with Crippen LogP contribution >= 0.6 is 0 Å². The Morgan fingerprint density at radius 3 is 2.95 bits per heavy atom. The van der Waals surface area contributed by atoms with Crippen molar-refractivity contribution in [3.05, 3.63) is 35.6 Å². The molecule has 2 atom stereocenters. The molecule has 2 rings (SSSR count). The fraction of sp³-hybridized carbons (Fsp3) is 0.588. The lowest BCUT2D eigenvalue weighted by atomic mass is 9.96. The molecule has 116 valence electrons. The Labute approximate surface area is 126 Å². The second-order valence-electron chi connectivity index (χ2n) is 5.89. The first-order valence-electron chi connectivity index (χ1n) is 7.87. The summed E-state index contributed by atoms with van der Waals surface area (Å²) in [4.78, 5) is 14.6. The number of benzene rings is 1. The zero-order valence-corrected chi connectivity index (χ0v) is 12.9. The van der Waals surface area contributed by atoms with E-state index in [1.165, 1.54) is 12.1 Å². The first-order chi connectivity index (χ1) is 10.1. The van der Waals surface area contributed by atoms with Crippen LogP contribution in [0.4, 0.5) is 4.39 Å². The largest absolute Gasteiger partial charge is 0.338 e. The van der Waals surface area contributed by atoms with Crippen LogP contribution in [-0.4, -0.2) is 36.5 Å². The number of hydrogen-bond donors (Lipinski definition) is 1. The molecule has 0 aromatic heterocycles. The van der Waals surface area contributed by atoms with Gasteiger partial charge in [-0.3, -0.25) is 4.79 Å². The Kier molecular flexibility index (Phi) is 5.74. The van der Waals surface area contributed by atoms with Crippen molar-refractivity contribution < 1.29 is 9.18 Å². The van der Waals surface area contributed by atoms with Crippen molar-refractivity contribution >= 4 is 5.91 Å². The van der Waals surface area contributed by atoms with E-state index >= 15 is 0 Å². The first-order valence-corrected chi connectivity index (χ1v) is 7.87. The highest BCUT2D eigenvalue weighted by Crippen LogP contribution is 2.22. The SMILES string of the molecule is CCCN(C(=O)CC(C)c1cccc(F)c1)C1CCNC1. The number of carbonyl (C=O) groups excluding carboxylic acids is 1. The number of rotatable bonds is 6. The number of halogens is 1. The Bertz CT molecular complexity index is 472. The van der Waals surface area contributed by atoms with Crippen molar-refractivity contribution in [2.24, 2.45) is 0 Å². The summed E-state index contributed by atoms with van der Waals surface area (Å²) in [6.45, 7) is 6.76. The highest BCUT2D eigenvalue weighted by atomic mass is 19.1. The van der Waals surface area contributed by atoms with Gasteiger partial charge in [-0.1, -0.05) is 26.0 Å². The average Bonchev–Trinajstić information content (AvgIpc) is 2.98. The quantitative estimate of drug-likeness (QED) is 0.874. The molecule has 1 fully saturated rings. The molecule has 1 aliphatic rings. The maximum absolute atomic E-state index is 13.3. The average molecular weight is 292 g/mol. The lowest BCUT2D eigenvalue weighted by Crippen LogP contribution is -2.42. The predicted octanol–water partition coefficient (Wildman–Crippen LogP) is 2.92. The zero-order chi connectivity index (χ0) is 15.2. The molecule has 1 heterocycles. The van der Waals surface area contributed by atoms with Gasteiger partial charge in [0.2, 0.25) is 5.91 Å². The Morgan fingerprint density at radius 1 is 1.52 bits per heavy atom. The van der Waals surface area contributed by atoms with Gasteiger partial charge in [-0.25, -0.2) is 4.39 Å². The van der Waals surface area contributed by atoms with Gasteiger partial charge in [0.1, 0.15) is 5.82 Å². The van der Waals surface area contributed by atoms with Gasteiger partial charge in [-0.2, -0.15) is 0 Å². The normalized spacial score (nSPS) is 19.5. The van der Waals surface area contributed by atoms with Gasteiger partial charge in [0.25, 0.3) is 0 Å². The summed E-state index contributed by atoms with van der Waals surface area (Å²) in [6.07, 6.45) is 2.44. The molecule has 1 aromatic rings. The van der Waals surface area contributed by atoms with Gasteiger partial charge in [-0.15, -0.1) is 0 Å². The third-order valence-corrected chi connectivity index (χ3v) is 4.16. The van der Waals surface area contributed by atoms with Crippen LogP contribution in [0.2, 0.25) is 0 Å². The van der Waals surface area contributed by atoms with Gasteiger partial charge in [0.15, 0.2) is 0 Å². The van der Waals surface area contributed by atoms with Crippen molar-refractivity contribution in [3.63, 3.8) is 0 Å². The smallest absolute Gasteiger partial charge is 0.223 e. The van der Waals surface area contributed by atoms with Crippen LogP contribution in [0.1, 0.15) is 44.6 Å². The summed E-state index contributed by atoms with van der Waals surface area (Å²) in [5.41, 5.74) is 0.893. The van der Waals surface area contributed by atoms with Gasteiger partial charge in [-0.05, 0) is 43.0 Å². The molecule has 2 unspecified atom stereocenters. The minimum Gasteiger partial charge on any atom is -0.338 e. The fourth-order valence-corrected chi connectivity index (χ4v) is 2.97. The van der Waals surface area contributed by atoms with Crippen molar-refractivity contribution in [1.82, 2.24) is 10.2 Å². The van der Waals surface area contributed by atoms with E-state index < -0.39 is 0 Å². The summed E-state index contributed by atoms with van der Waals surface area (Å²) in [7, 11) is 0. The minimum absolute atomic E-state index is 0.0434. The molecule has 0 saturated carbocycles. The molecule has 1 N–H and O–H groups in total. The van der Waals surface area contributed by atoms with E-state index in [9.17, 15) is 9.18 Å². The fourth-order valence-electron chi connectivity index (χ4n) is 2.97. The van der Waals surface area contributed by atoms with Crippen LogP contribution in [0.3, 0.4) is 0 Å². The van der Waals surface area contributed by atoms with Gasteiger partial charge < -0.3 is 10.2 Å². The van der Waals surface area contributed by atoms with Crippen LogP contribution in [0.15, 0.2) is 24.3 Å². The van der Waals surface area contributed by atoms with E-state index in [0.29, 0.717) is 12.5 Å². The van der Waals surface area contributed by atoms with E-state index in [4.69, 9.17) is 0 Å². The van der Waals surface area contributed by atoms with E-state index in [-0.39, 0.29) is 17.6 Å². The number of hydrogen-bond acceptors (Lipinski definition) is 2. The van der Waals surface area contributed by atoms with Crippen LogP contribution in [0, 0.1) is 5.82 Å². The predicted molar refractivity (Wildman–Crippen MR) is 82.7 cm³/mol. The molecular weight excluding hydrogens is 267 g/mol. The Balaban J connectivity index is 2.00. The maximum Gasteiger partial charge on any atom is 0.223 e. The zero-order valence-electron chi connectivity index (χ0n) is 12.9. The highest BCUT2D eigenvalue weighted by Gasteiger charge is 2.26. The molecule has 1 amide bonds. The van der Waals surface area contributed by atoms with Crippen LogP contribution < -0.4 is 5.32 Å². The number of nitrogens with one attached hydrogen (secondary N) is 1. The Hall–Kier alpha value is -1.42. The standard InChI is InChI=1S/C17H25FN2O/c1-3-9-20(16-7-8-19-12-16)17(21)10-13(2)14-5-4-6-15(18)11-14/h4-6,11,13,16,19H,3,7-10,12H2,1-2H3. The molecule has 21 heavy (non-hydrogen) atoms. The van der Waals surface area contributed by atoms with E-state index in [1.807, 2.05) is 17.9 Å². The molecule has 1 saturated heterocycles. The maximum atomic E-state index is 13.3. The van der Waals surface area contributed by atoms with E-state index in [1.54, 1.807) is 6.07 Å². The Morgan fingerprint density at radius 2 is 2.33 bits per heavy atom. The molecule has 1 aliphatic heterocycles. The second-order valence-corrected chi connectivity index (χ2v) is 5.89. The lowest BCUT2D eigenvalue weighted by molar-refractivity contribution is -0.133. The first kappa shape index (κ1) is 16.0. The molecule has 0 radical (unpaired) electrons. The summed E-state index contributed by atoms with van der Waals surface area (Å²) >= 11 is 0. The van der Waals surface area contributed by atoms with Crippen LogP contribution in [-0.2, 0) is 4.79 Å².